The van der Waals surface area contributed by atoms with Gasteiger partial charge < -0.3 is 5.73 Å². The zero-order valence-corrected chi connectivity index (χ0v) is 10.3. The Kier molecular flexibility index (Phi) is 3.89. The highest BCUT2D eigenvalue weighted by atomic mass is 19.1. The molecular formula is C14H16FN3. The van der Waals surface area contributed by atoms with E-state index < -0.39 is 0 Å². The van der Waals surface area contributed by atoms with E-state index in [-0.39, 0.29) is 11.5 Å². The van der Waals surface area contributed by atoms with Crippen LogP contribution < -0.4 is 5.73 Å². The molecule has 0 atom stereocenters. The minimum atomic E-state index is -0.362. The van der Waals surface area contributed by atoms with Crippen LogP contribution >= 0.6 is 0 Å². The normalized spacial score (nSPS) is 10.8. The third kappa shape index (κ3) is 3.05. The Hall–Kier alpha value is -1.94. The Balaban J connectivity index is 2.03. The summed E-state index contributed by atoms with van der Waals surface area (Å²) in [5.41, 5.74) is 7.72. The van der Waals surface area contributed by atoms with Gasteiger partial charge >= 0.3 is 0 Å². The number of nitrogen functional groups attached to an aromatic ring is 1. The van der Waals surface area contributed by atoms with E-state index in [4.69, 9.17) is 5.73 Å². The molecule has 0 aliphatic rings. The summed E-state index contributed by atoms with van der Waals surface area (Å²) in [4.78, 5) is 6.30. The van der Waals surface area contributed by atoms with Gasteiger partial charge in [0.15, 0.2) is 0 Å². The number of anilines is 1. The van der Waals surface area contributed by atoms with Gasteiger partial charge in [-0.3, -0.25) is 9.88 Å². The lowest BCUT2D eigenvalue weighted by Gasteiger charge is -2.17. The van der Waals surface area contributed by atoms with Crippen LogP contribution in [0.3, 0.4) is 0 Å². The van der Waals surface area contributed by atoms with Gasteiger partial charge in [-0.15, -0.1) is 0 Å². The molecule has 0 bridgehead atoms. The molecule has 2 aromatic rings. The van der Waals surface area contributed by atoms with E-state index in [1.54, 1.807) is 12.3 Å². The van der Waals surface area contributed by atoms with Crippen LogP contribution in [0.1, 0.15) is 11.3 Å². The van der Waals surface area contributed by atoms with E-state index in [0.29, 0.717) is 13.1 Å². The number of aromatic nitrogens is 1. The predicted molar refractivity (Wildman–Crippen MR) is 70.2 cm³/mol. The van der Waals surface area contributed by atoms with Gasteiger partial charge in [-0.05, 0) is 30.8 Å². The van der Waals surface area contributed by atoms with Crippen molar-refractivity contribution in [2.24, 2.45) is 0 Å². The van der Waals surface area contributed by atoms with Gasteiger partial charge in [-0.2, -0.15) is 0 Å². The molecule has 0 saturated heterocycles. The van der Waals surface area contributed by atoms with Crippen LogP contribution in [0.15, 0.2) is 42.6 Å². The van der Waals surface area contributed by atoms with Gasteiger partial charge in [0.1, 0.15) is 5.82 Å². The molecule has 1 aromatic heterocycles. The lowest BCUT2D eigenvalue weighted by molar-refractivity contribution is 0.315. The highest BCUT2D eigenvalue weighted by Gasteiger charge is 2.07. The largest absolute Gasteiger partial charge is 0.396 e. The van der Waals surface area contributed by atoms with Gasteiger partial charge in [-0.25, -0.2) is 4.39 Å². The average molecular weight is 245 g/mol. The van der Waals surface area contributed by atoms with Crippen LogP contribution in [0.2, 0.25) is 0 Å². The SMILES string of the molecule is CN(Cc1ccccn1)Cc1cccc(F)c1N. The lowest BCUT2D eigenvalue weighted by Crippen LogP contribution is -2.19. The Morgan fingerprint density at radius 1 is 1.17 bits per heavy atom. The number of hydrogen-bond donors (Lipinski definition) is 1. The third-order valence-corrected chi connectivity index (χ3v) is 2.74. The molecule has 1 heterocycles. The van der Waals surface area contributed by atoms with Crippen molar-refractivity contribution in [3.63, 3.8) is 0 Å². The molecule has 94 valence electrons. The number of halogens is 1. The zero-order chi connectivity index (χ0) is 13.0. The number of pyridine rings is 1. The van der Waals surface area contributed by atoms with Gasteiger partial charge in [-0.1, -0.05) is 18.2 Å². The van der Waals surface area contributed by atoms with Gasteiger partial charge in [0.25, 0.3) is 0 Å². The second kappa shape index (κ2) is 5.60. The van der Waals surface area contributed by atoms with Crippen molar-refractivity contribution in [2.45, 2.75) is 13.1 Å². The maximum absolute atomic E-state index is 13.3. The summed E-state index contributed by atoms with van der Waals surface area (Å²) in [6, 6.07) is 10.7. The summed E-state index contributed by atoms with van der Waals surface area (Å²) in [5, 5.41) is 0. The molecule has 4 heteroatoms. The molecule has 0 spiro atoms. The van der Waals surface area contributed by atoms with Crippen LogP contribution in [-0.2, 0) is 13.1 Å². The highest BCUT2D eigenvalue weighted by molar-refractivity contribution is 5.47. The molecule has 0 radical (unpaired) electrons. The Bertz CT molecular complexity index is 514. The molecule has 2 N–H and O–H groups in total. The highest BCUT2D eigenvalue weighted by Crippen LogP contribution is 2.17. The van der Waals surface area contributed by atoms with E-state index >= 15 is 0 Å². The van der Waals surface area contributed by atoms with Crippen LogP contribution in [0.25, 0.3) is 0 Å². The van der Waals surface area contributed by atoms with Crippen molar-refractivity contribution in [3.05, 3.63) is 59.7 Å². The van der Waals surface area contributed by atoms with Crippen LogP contribution in [0.4, 0.5) is 10.1 Å². The summed E-state index contributed by atoms with van der Waals surface area (Å²) in [6.07, 6.45) is 1.76. The van der Waals surface area contributed by atoms with Gasteiger partial charge in [0.05, 0.1) is 11.4 Å². The lowest BCUT2D eigenvalue weighted by atomic mass is 10.1. The molecule has 2 rings (SSSR count). The molecule has 0 saturated carbocycles. The first-order valence-corrected chi connectivity index (χ1v) is 5.78. The summed E-state index contributed by atoms with van der Waals surface area (Å²) in [7, 11) is 1.96. The molecule has 0 fully saturated rings. The molecule has 1 aromatic carbocycles. The summed E-state index contributed by atoms with van der Waals surface area (Å²) < 4.78 is 13.3. The summed E-state index contributed by atoms with van der Waals surface area (Å²) >= 11 is 0. The standard InChI is InChI=1S/C14H16FN3/c1-18(10-12-6-2-3-8-17-12)9-11-5-4-7-13(15)14(11)16/h2-8H,9-10,16H2,1H3. The summed E-state index contributed by atoms with van der Waals surface area (Å²) in [5.74, 6) is -0.362. The number of para-hydroxylation sites is 1. The number of nitrogens with zero attached hydrogens (tertiary/aromatic N) is 2. The number of hydrogen-bond acceptors (Lipinski definition) is 3. The van der Waals surface area contributed by atoms with Crippen LogP contribution in [0, 0.1) is 5.82 Å². The first-order valence-electron chi connectivity index (χ1n) is 5.78. The average Bonchev–Trinajstić information content (AvgIpc) is 2.36. The Morgan fingerprint density at radius 3 is 2.72 bits per heavy atom. The van der Waals surface area contributed by atoms with E-state index in [1.807, 2.05) is 36.2 Å². The predicted octanol–water partition coefficient (Wildman–Crippen LogP) is 2.43. The monoisotopic (exact) mass is 245 g/mol. The number of nitrogens with two attached hydrogens (primary N) is 1. The number of benzene rings is 1. The van der Waals surface area contributed by atoms with Crippen molar-refractivity contribution < 1.29 is 4.39 Å². The smallest absolute Gasteiger partial charge is 0.146 e. The Morgan fingerprint density at radius 2 is 2.00 bits per heavy atom. The van der Waals surface area contributed by atoms with Crippen molar-refractivity contribution >= 4 is 5.69 Å². The molecule has 0 amide bonds. The fraction of sp³-hybridized carbons (Fsp3) is 0.214. The van der Waals surface area contributed by atoms with Crippen molar-refractivity contribution in [1.82, 2.24) is 9.88 Å². The fourth-order valence-corrected chi connectivity index (χ4v) is 1.83. The Labute approximate surface area is 106 Å². The first-order chi connectivity index (χ1) is 8.66. The molecule has 0 aliphatic carbocycles. The van der Waals surface area contributed by atoms with E-state index in [1.165, 1.54) is 6.07 Å². The quantitative estimate of drug-likeness (QED) is 0.841. The maximum Gasteiger partial charge on any atom is 0.146 e. The van der Waals surface area contributed by atoms with Crippen LogP contribution in [-0.4, -0.2) is 16.9 Å². The molecule has 0 aliphatic heterocycles. The minimum absolute atomic E-state index is 0.227. The minimum Gasteiger partial charge on any atom is -0.396 e. The van der Waals surface area contributed by atoms with Crippen LogP contribution in [0.5, 0.6) is 0 Å². The van der Waals surface area contributed by atoms with Gasteiger partial charge in [0.2, 0.25) is 0 Å². The molecule has 3 nitrogen and oxygen atoms in total. The topological polar surface area (TPSA) is 42.2 Å². The summed E-state index contributed by atoms with van der Waals surface area (Å²) in [6.45, 7) is 1.30. The fourth-order valence-electron chi connectivity index (χ4n) is 1.83. The van der Waals surface area contributed by atoms with Crippen molar-refractivity contribution in [3.8, 4) is 0 Å². The van der Waals surface area contributed by atoms with Gasteiger partial charge in [0, 0.05) is 19.3 Å². The maximum atomic E-state index is 13.3. The molecular weight excluding hydrogens is 229 g/mol. The second-order valence-corrected chi connectivity index (χ2v) is 4.31. The van der Waals surface area contributed by atoms with Crippen molar-refractivity contribution in [1.29, 1.82) is 0 Å². The second-order valence-electron chi connectivity index (χ2n) is 4.31. The van der Waals surface area contributed by atoms with E-state index in [0.717, 1.165) is 11.3 Å². The zero-order valence-electron chi connectivity index (χ0n) is 10.3. The molecule has 0 unspecified atom stereocenters. The van der Waals surface area contributed by atoms with E-state index in [2.05, 4.69) is 4.98 Å². The number of rotatable bonds is 4. The third-order valence-electron chi connectivity index (χ3n) is 2.74. The van der Waals surface area contributed by atoms with E-state index in [9.17, 15) is 4.39 Å². The van der Waals surface area contributed by atoms with Crippen molar-refractivity contribution in [2.75, 3.05) is 12.8 Å². The molecule has 18 heavy (non-hydrogen) atoms. The first kappa shape index (κ1) is 12.5.